The van der Waals surface area contributed by atoms with Crippen molar-refractivity contribution in [1.82, 2.24) is 0 Å². The number of hydrogen-bond acceptors (Lipinski definition) is 7. The SMILES string of the molecule is CCCCCCCCCC/C=C\CCCCCCCCCCCCCCCCCCCCCCCCCCCC(=O)OC(COC(=O)CCCCCCCCCCCCCCCCCCCCCCCCCCCCCCC)COP(=O)(O)OCC[N+](C)(C)C. The van der Waals surface area contributed by atoms with Crippen molar-refractivity contribution in [2.45, 2.75) is 444 Å². The van der Waals surface area contributed by atoms with Crippen LogP contribution in [0.4, 0.5) is 0 Å². The first-order valence-electron chi connectivity index (χ1n) is 40.4. The van der Waals surface area contributed by atoms with E-state index in [-0.39, 0.29) is 25.6 Å². The summed E-state index contributed by atoms with van der Waals surface area (Å²) in [4.78, 5) is 36.0. The molecule has 2 unspecified atom stereocenters. The van der Waals surface area contributed by atoms with Gasteiger partial charge in [-0.1, -0.05) is 398 Å². The zero-order valence-corrected chi connectivity index (χ0v) is 62.3. The van der Waals surface area contributed by atoms with Crippen LogP contribution in [0.1, 0.15) is 438 Å². The third kappa shape index (κ3) is 75.8. The summed E-state index contributed by atoms with van der Waals surface area (Å²) < 4.78 is 34.8. The second-order valence-corrected chi connectivity index (χ2v) is 30.6. The van der Waals surface area contributed by atoms with Gasteiger partial charge in [-0.15, -0.1) is 0 Å². The standard InChI is InChI=1S/C80H158NO8P/c1-6-8-10-12-14-16-18-20-22-24-26-28-30-32-34-36-37-38-39-40-41-42-43-45-47-49-51-53-55-57-59-61-63-65-67-69-71-73-80(83)89-78(77-88-90(84,85)87-75-74-81(3,4)5)76-86-79(82)72-70-68-66-64-62-60-58-56-54-52-50-48-46-44-35-33-31-29-27-25-23-21-19-17-15-13-11-9-7-2/h24,26,78H,6-23,25,27-77H2,1-5H3/p+1/b26-24-. The molecular weight excluding hydrogens is 1130 g/mol. The molecule has 0 fully saturated rings. The maximum absolute atomic E-state index is 12.9. The van der Waals surface area contributed by atoms with Gasteiger partial charge in [0.1, 0.15) is 19.8 Å². The first-order chi connectivity index (χ1) is 44.0. The van der Waals surface area contributed by atoms with Crippen LogP contribution in [0.15, 0.2) is 12.2 Å². The molecule has 0 aliphatic rings. The monoisotopic (exact) mass is 1290 g/mol. The van der Waals surface area contributed by atoms with Crippen LogP contribution in [0.25, 0.3) is 0 Å². The summed E-state index contributed by atoms with van der Waals surface area (Å²) in [6.07, 6.45) is 90.9. The number of rotatable bonds is 77. The van der Waals surface area contributed by atoms with Gasteiger partial charge in [-0.05, 0) is 38.5 Å². The van der Waals surface area contributed by atoms with Gasteiger partial charge in [-0.25, -0.2) is 4.57 Å². The predicted molar refractivity (Wildman–Crippen MR) is 391 cm³/mol. The van der Waals surface area contributed by atoms with Crippen LogP contribution in [0.2, 0.25) is 0 Å². The lowest BCUT2D eigenvalue weighted by Gasteiger charge is -2.24. The highest BCUT2D eigenvalue weighted by molar-refractivity contribution is 7.47. The van der Waals surface area contributed by atoms with Crippen molar-refractivity contribution in [3.63, 3.8) is 0 Å². The minimum absolute atomic E-state index is 0.0371. The molecule has 10 heteroatoms. The van der Waals surface area contributed by atoms with Crippen LogP contribution in [0.3, 0.4) is 0 Å². The fraction of sp³-hybridized carbons (Fsp3) is 0.950. The van der Waals surface area contributed by atoms with Crippen LogP contribution >= 0.6 is 7.82 Å². The second kappa shape index (κ2) is 72.0. The molecule has 9 nitrogen and oxygen atoms in total. The topological polar surface area (TPSA) is 108 Å². The Morgan fingerprint density at radius 3 is 0.822 bits per heavy atom. The van der Waals surface area contributed by atoms with E-state index in [0.29, 0.717) is 17.4 Å². The van der Waals surface area contributed by atoms with Gasteiger partial charge in [-0.2, -0.15) is 0 Å². The lowest BCUT2D eigenvalue weighted by Crippen LogP contribution is -2.37. The van der Waals surface area contributed by atoms with E-state index >= 15 is 0 Å². The highest BCUT2D eigenvalue weighted by atomic mass is 31.2. The number of esters is 2. The number of unbranched alkanes of at least 4 members (excludes halogenated alkanes) is 61. The van der Waals surface area contributed by atoms with Gasteiger partial charge in [0.2, 0.25) is 0 Å². The molecule has 0 aromatic heterocycles. The van der Waals surface area contributed by atoms with Gasteiger partial charge in [0.25, 0.3) is 0 Å². The molecule has 0 aliphatic carbocycles. The lowest BCUT2D eigenvalue weighted by molar-refractivity contribution is -0.870. The van der Waals surface area contributed by atoms with E-state index in [1.54, 1.807) is 0 Å². The molecule has 0 bridgehead atoms. The van der Waals surface area contributed by atoms with Gasteiger partial charge in [0, 0.05) is 12.8 Å². The maximum atomic E-state index is 12.9. The Kier molecular flexibility index (Phi) is 71.0. The number of ether oxygens (including phenoxy) is 2. The Bertz CT molecular complexity index is 1520. The van der Waals surface area contributed by atoms with Crippen molar-refractivity contribution < 1.29 is 42.1 Å². The third-order valence-corrected chi connectivity index (χ3v) is 19.8. The van der Waals surface area contributed by atoms with E-state index in [9.17, 15) is 19.0 Å². The Labute approximate surface area is 562 Å². The summed E-state index contributed by atoms with van der Waals surface area (Å²) in [6.45, 7) is 4.53. The van der Waals surface area contributed by atoms with E-state index in [4.69, 9.17) is 18.5 Å². The normalized spacial score (nSPS) is 13.0. The van der Waals surface area contributed by atoms with Crippen molar-refractivity contribution in [2.24, 2.45) is 0 Å². The molecule has 0 aliphatic heterocycles. The van der Waals surface area contributed by atoms with Gasteiger partial charge in [-0.3, -0.25) is 18.6 Å². The zero-order valence-electron chi connectivity index (χ0n) is 61.4. The molecule has 90 heavy (non-hydrogen) atoms. The summed E-state index contributed by atoms with van der Waals surface area (Å²) >= 11 is 0. The summed E-state index contributed by atoms with van der Waals surface area (Å²) in [6, 6.07) is 0. The van der Waals surface area contributed by atoms with Gasteiger partial charge < -0.3 is 18.9 Å². The fourth-order valence-corrected chi connectivity index (χ4v) is 13.3. The number of likely N-dealkylation sites (N-methyl/N-ethyl adjacent to an activating group) is 1. The first kappa shape index (κ1) is 88.8. The smallest absolute Gasteiger partial charge is 0.462 e. The molecule has 0 amide bonds. The summed E-state index contributed by atoms with van der Waals surface area (Å²) in [5.41, 5.74) is 0. The molecule has 0 spiro atoms. The van der Waals surface area contributed by atoms with Crippen molar-refractivity contribution >= 4 is 19.8 Å². The number of hydrogen-bond donors (Lipinski definition) is 1. The van der Waals surface area contributed by atoms with E-state index in [1.807, 2.05) is 21.1 Å². The van der Waals surface area contributed by atoms with Crippen LogP contribution in [0, 0.1) is 0 Å². The van der Waals surface area contributed by atoms with Crippen LogP contribution in [-0.4, -0.2) is 74.9 Å². The molecule has 0 radical (unpaired) electrons. The van der Waals surface area contributed by atoms with E-state index in [0.717, 1.165) is 38.5 Å². The fourth-order valence-electron chi connectivity index (χ4n) is 12.6. The third-order valence-electron chi connectivity index (χ3n) is 18.8. The number of phosphoric acid groups is 1. The molecule has 0 saturated carbocycles. The second-order valence-electron chi connectivity index (χ2n) is 29.2. The van der Waals surface area contributed by atoms with Gasteiger partial charge in [0.05, 0.1) is 27.7 Å². The molecule has 0 rings (SSSR count). The van der Waals surface area contributed by atoms with Crippen molar-refractivity contribution in [2.75, 3.05) is 47.5 Å². The number of phosphoric ester groups is 1. The molecule has 0 aromatic carbocycles. The summed E-state index contributed by atoms with van der Waals surface area (Å²) in [7, 11) is 1.51. The number of nitrogens with zero attached hydrogens (tertiary/aromatic N) is 1. The molecule has 0 saturated heterocycles. The Hall–Kier alpha value is -1.25. The van der Waals surface area contributed by atoms with E-state index in [1.165, 1.54) is 372 Å². The van der Waals surface area contributed by atoms with Crippen LogP contribution < -0.4 is 0 Å². The highest BCUT2D eigenvalue weighted by Gasteiger charge is 2.27. The molecule has 0 heterocycles. The Morgan fingerprint density at radius 1 is 0.333 bits per heavy atom. The van der Waals surface area contributed by atoms with Crippen molar-refractivity contribution in [3.8, 4) is 0 Å². The minimum atomic E-state index is -4.39. The molecule has 536 valence electrons. The molecule has 0 aromatic rings. The summed E-state index contributed by atoms with van der Waals surface area (Å²) in [5, 5.41) is 0. The molecule has 2 atom stereocenters. The number of quaternary nitrogens is 1. The van der Waals surface area contributed by atoms with Crippen molar-refractivity contribution in [1.29, 1.82) is 0 Å². The van der Waals surface area contributed by atoms with E-state index < -0.39 is 26.5 Å². The first-order valence-corrected chi connectivity index (χ1v) is 41.9. The summed E-state index contributed by atoms with van der Waals surface area (Å²) in [5.74, 6) is -0.766. The number of carbonyl (C=O) groups is 2. The van der Waals surface area contributed by atoms with Gasteiger partial charge in [0.15, 0.2) is 6.10 Å². The average molecular weight is 1290 g/mol. The Morgan fingerprint density at radius 2 is 0.567 bits per heavy atom. The number of carbonyl (C=O) groups excluding carboxylic acids is 2. The largest absolute Gasteiger partial charge is 0.472 e. The predicted octanol–water partition coefficient (Wildman–Crippen LogP) is 26.6. The quantitative estimate of drug-likeness (QED) is 0.0211. The molecular formula is C80H159NO8P+. The minimum Gasteiger partial charge on any atom is -0.462 e. The maximum Gasteiger partial charge on any atom is 0.472 e. The lowest BCUT2D eigenvalue weighted by atomic mass is 10.0. The highest BCUT2D eigenvalue weighted by Crippen LogP contribution is 2.43. The van der Waals surface area contributed by atoms with E-state index in [2.05, 4.69) is 26.0 Å². The van der Waals surface area contributed by atoms with Crippen LogP contribution in [0.5, 0.6) is 0 Å². The average Bonchev–Trinajstić information content (AvgIpc) is 3.58. The van der Waals surface area contributed by atoms with Gasteiger partial charge >= 0.3 is 19.8 Å². The number of allylic oxidation sites excluding steroid dienone is 2. The van der Waals surface area contributed by atoms with Crippen LogP contribution in [-0.2, 0) is 32.7 Å². The molecule has 1 N–H and O–H groups in total. The Balaban J connectivity index is 3.88. The van der Waals surface area contributed by atoms with Crippen molar-refractivity contribution in [3.05, 3.63) is 12.2 Å². The zero-order chi connectivity index (χ0) is 65.5.